The van der Waals surface area contributed by atoms with E-state index in [-0.39, 0.29) is 11.9 Å². The first-order valence-corrected chi connectivity index (χ1v) is 6.65. The van der Waals surface area contributed by atoms with Crippen LogP contribution in [0.1, 0.15) is 6.92 Å². The maximum absolute atomic E-state index is 11.6. The van der Waals surface area contributed by atoms with Gasteiger partial charge in [0.25, 0.3) is 0 Å². The van der Waals surface area contributed by atoms with Gasteiger partial charge in [-0.1, -0.05) is 11.6 Å². The van der Waals surface area contributed by atoms with E-state index < -0.39 is 0 Å². The Morgan fingerprint density at radius 1 is 1.47 bits per heavy atom. The van der Waals surface area contributed by atoms with Crippen molar-refractivity contribution in [2.24, 2.45) is 0 Å². The summed E-state index contributed by atoms with van der Waals surface area (Å²) >= 11 is 7.26. The number of nitrogens with one attached hydrogen (secondary N) is 1. The Morgan fingerprint density at radius 2 is 2.12 bits per heavy atom. The third-order valence-corrected chi connectivity index (χ3v) is 3.27. The summed E-state index contributed by atoms with van der Waals surface area (Å²) in [6.45, 7) is 2.44. The summed E-state index contributed by atoms with van der Waals surface area (Å²) < 4.78 is 4.94. The van der Waals surface area contributed by atoms with Gasteiger partial charge in [-0.2, -0.15) is 0 Å². The number of ether oxygens (including phenoxy) is 1. The first-order valence-electron chi connectivity index (χ1n) is 5.28. The molecule has 1 rings (SSSR count). The van der Waals surface area contributed by atoms with Crippen LogP contribution in [0.3, 0.4) is 0 Å². The van der Waals surface area contributed by atoms with E-state index in [0.717, 1.165) is 4.90 Å². The van der Waals surface area contributed by atoms with Crippen molar-refractivity contribution in [1.29, 1.82) is 0 Å². The summed E-state index contributed by atoms with van der Waals surface area (Å²) in [6.07, 6.45) is 0. The second-order valence-corrected chi connectivity index (χ2v) is 5.15. The van der Waals surface area contributed by atoms with Crippen molar-refractivity contribution in [1.82, 2.24) is 5.32 Å². The van der Waals surface area contributed by atoms with E-state index in [9.17, 15) is 4.79 Å². The molecule has 0 spiro atoms. The lowest BCUT2D eigenvalue weighted by molar-refractivity contribution is -0.119. The van der Waals surface area contributed by atoms with Crippen LogP contribution >= 0.6 is 23.4 Å². The Morgan fingerprint density at radius 3 is 2.71 bits per heavy atom. The topological polar surface area (TPSA) is 38.3 Å². The number of amides is 1. The molecular weight excluding hydrogens is 258 g/mol. The Hall–Kier alpha value is -0.710. The molecule has 17 heavy (non-hydrogen) atoms. The first kappa shape index (κ1) is 14.4. The highest BCUT2D eigenvalue weighted by Crippen LogP contribution is 2.19. The molecule has 0 fully saturated rings. The molecule has 3 nitrogen and oxygen atoms in total. The highest BCUT2D eigenvalue weighted by Gasteiger charge is 2.07. The summed E-state index contributed by atoms with van der Waals surface area (Å²) in [5.41, 5.74) is 0. The monoisotopic (exact) mass is 273 g/mol. The number of hydrogen-bond acceptors (Lipinski definition) is 3. The fourth-order valence-corrected chi connectivity index (χ4v) is 2.12. The van der Waals surface area contributed by atoms with Crippen molar-refractivity contribution in [3.63, 3.8) is 0 Å². The number of carbonyl (C=O) groups is 1. The molecule has 1 N–H and O–H groups in total. The Bertz CT molecular complexity index is 356. The quantitative estimate of drug-likeness (QED) is 0.810. The molecule has 0 aromatic heterocycles. The van der Waals surface area contributed by atoms with E-state index in [0.29, 0.717) is 17.4 Å². The number of halogens is 1. The van der Waals surface area contributed by atoms with Crippen LogP contribution in [0.25, 0.3) is 0 Å². The van der Waals surface area contributed by atoms with Crippen molar-refractivity contribution in [2.45, 2.75) is 17.9 Å². The molecule has 1 unspecified atom stereocenters. The molecule has 0 saturated carbocycles. The number of carbonyl (C=O) groups excluding carboxylic acids is 1. The Balaban J connectivity index is 2.30. The zero-order valence-electron chi connectivity index (χ0n) is 9.90. The number of thioether (sulfide) groups is 1. The molecular formula is C12H16ClNO2S. The van der Waals surface area contributed by atoms with Crippen LogP contribution in [-0.2, 0) is 9.53 Å². The van der Waals surface area contributed by atoms with Gasteiger partial charge >= 0.3 is 0 Å². The van der Waals surface area contributed by atoms with Gasteiger partial charge in [0.15, 0.2) is 0 Å². The lowest BCUT2D eigenvalue weighted by Crippen LogP contribution is -2.36. The van der Waals surface area contributed by atoms with Gasteiger partial charge in [-0.05, 0) is 31.2 Å². The minimum Gasteiger partial charge on any atom is -0.383 e. The predicted molar refractivity (Wildman–Crippen MR) is 71.7 cm³/mol. The molecule has 0 aliphatic rings. The fraction of sp³-hybridized carbons (Fsp3) is 0.417. The maximum atomic E-state index is 11.6. The van der Waals surface area contributed by atoms with Crippen molar-refractivity contribution in [3.8, 4) is 0 Å². The molecule has 0 aliphatic carbocycles. The van der Waals surface area contributed by atoms with E-state index in [1.165, 1.54) is 11.8 Å². The van der Waals surface area contributed by atoms with Gasteiger partial charge in [0.2, 0.25) is 5.91 Å². The van der Waals surface area contributed by atoms with Crippen molar-refractivity contribution < 1.29 is 9.53 Å². The zero-order chi connectivity index (χ0) is 12.7. The summed E-state index contributed by atoms with van der Waals surface area (Å²) in [7, 11) is 1.62. The van der Waals surface area contributed by atoms with Gasteiger partial charge in [-0.25, -0.2) is 0 Å². The maximum Gasteiger partial charge on any atom is 0.230 e. The van der Waals surface area contributed by atoms with Crippen molar-refractivity contribution >= 4 is 29.3 Å². The van der Waals surface area contributed by atoms with Crippen LogP contribution in [-0.4, -0.2) is 31.4 Å². The van der Waals surface area contributed by atoms with E-state index in [1.54, 1.807) is 7.11 Å². The van der Waals surface area contributed by atoms with Crippen LogP contribution in [0.2, 0.25) is 5.02 Å². The third-order valence-electron chi connectivity index (χ3n) is 2.01. The molecule has 0 aliphatic heterocycles. The lowest BCUT2D eigenvalue weighted by Gasteiger charge is -2.12. The summed E-state index contributed by atoms with van der Waals surface area (Å²) in [6, 6.07) is 7.47. The van der Waals surface area contributed by atoms with Crippen molar-refractivity contribution in [3.05, 3.63) is 29.3 Å². The SMILES string of the molecule is COCC(C)NC(=O)CSc1ccc(Cl)cc1. The molecule has 0 saturated heterocycles. The minimum atomic E-state index is 0.00880. The third kappa shape index (κ3) is 5.96. The number of hydrogen-bond donors (Lipinski definition) is 1. The zero-order valence-corrected chi connectivity index (χ0v) is 11.5. The minimum absolute atomic E-state index is 0.00880. The highest BCUT2D eigenvalue weighted by atomic mass is 35.5. The number of benzene rings is 1. The molecule has 1 aromatic carbocycles. The van der Waals surface area contributed by atoms with Gasteiger partial charge in [-0.15, -0.1) is 11.8 Å². The Labute approximate surface area is 111 Å². The van der Waals surface area contributed by atoms with Crippen LogP contribution < -0.4 is 5.32 Å². The molecule has 1 aromatic rings. The second kappa shape index (κ2) is 7.58. The van der Waals surface area contributed by atoms with Crippen LogP contribution in [0.5, 0.6) is 0 Å². The second-order valence-electron chi connectivity index (χ2n) is 3.67. The molecule has 94 valence electrons. The molecule has 0 bridgehead atoms. The first-order chi connectivity index (χ1) is 8.11. The molecule has 5 heteroatoms. The van der Waals surface area contributed by atoms with Gasteiger partial charge in [0, 0.05) is 23.1 Å². The van der Waals surface area contributed by atoms with E-state index in [2.05, 4.69) is 5.32 Å². The smallest absolute Gasteiger partial charge is 0.230 e. The summed E-state index contributed by atoms with van der Waals surface area (Å²) in [5, 5.41) is 3.55. The summed E-state index contributed by atoms with van der Waals surface area (Å²) in [4.78, 5) is 12.6. The average molecular weight is 274 g/mol. The average Bonchev–Trinajstić information content (AvgIpc) is 2.28. The molecule has 1 atom stereocenters. The van der Waals surface area contributed by atoms with Crippen LogP contribution in [0.4, 0.5) is 0 Å². The van der Waals surface area contributed by atoms with Gasteiger partial charge in [0.05, 0.1) is 12.4 Å². The van der Waals surface area contributed by atoms with Gasteiger partial charge in [0.1, 0.15) is 0 Å². The number of methoxy groups -OCH3 is 1. The van der Waals surface area contributed by atoms with E-state index >= 15 is 0 Å². The van der Waals surface area contributed by atoms with Gasteiger partial charge in [-0.3, -0.25) is 4.79 Å². The fourth-order valence-electron chi connectivity index (χ4n) is 1.29. The van der Waals surface area contributed by atoms with Crippen LogP contribution in [0, 0.1) is 0 Å². The molecule has 0 heterocycles. The van der Waals surface area contributed by atoms with E-state index in [1.807, 2.05) is 31.2 Å². The normalized spacial score (nSPS) is 12.2. The predicted octanol–water partition coefficient (Wildman–Crippen LogP) is 2.58. The largest absolute Gasteiger partial charge is 0.383 e. The van der Waals surface area contributed by atoms with Gasteiger partial charge < -0.3 is 10.1 Å². The number of rotatable bonds is 6. The van der Waals surface area contributed by atoms with E-state index in [4.69, 9.17) is 16.3 Å². The standard InChI is InChI=1S/C12H16ClNO2S/c1-9(7-16-2)14-12(15)8-17-11-5-3-10(13)4-6-11/h3-6,9H,7-8H2,1-2H3,(H,14,15). The lowest BCUT2D eigenvalue weighted by atomic mass is 10.3. The molecule has 1 amide bonds. The summed E-state index contributed by atoms with van der Waals surface area (Å²) in [5.74, 6) is 0.407. The Kier molecular flexibility index (Phi) is 6.40. The highest BCUT2D eigenvalue weighted by molar-refractivity contribution is 8.00. The molecule has 0 radical (unpaired) electrons. The van der Waals surface area contributed by atoms with Crippen LogP contribution in [0.15, 0.2) is 29.2 Å². The van der Waals surface area contributed by atoms with Crippen molar-refractivity contribution in [2.75, 3.05) is 19.5 Å².